The molecule has 0 aliphatic rings. The summed E-state index contributed by atoms with van der Waals surface area (Å²) in [5.41, 5.74) is 4.89. The van der Waals surface area contributed by atoms with Crippen molar-refractivity contribution in [2.24, 2.45) is 10.7 Å². The van der Waals surface area contributed by atoms with Gasteiger partial charge in [-0.05, 0) is 24.6 Å². The van der Waals surface area contributed by atoms with Crippen molar-refractivity contribution < 1.29 is 13.2 Å². The number of nitrogens with zero attached hydrogens (tertiary/aromatic N) is 1. The van der Waals surface area contributed by atoms with E-state index >= 15 is 0 Å². The molecule has 0 bridgehead atoms. The molecule has 0 aromatic heterocycles. The Morgan fingerprint density at radius 1 is 1.44 bits per heavy atom. The van der Waals surface area contributed by atoms with Gasteiger partial charge in [-0.3, -0.25) is 0 Å². The molecule has 1 aromatic carbocycles. The molecule has 6 heteroatoms. The monoisotopic (exact) mass is 250 g/mol. The van der Waals surface area contributed by atoms with Gasteiger partial charge in [0, 0.05) is 0 Å². The van der Waals surface area contributed by atoms with Crippen molar-refractivity contribution in [2.45, 2.75) is 13.1 Å². The number of amidine groups is 1. The summed E-state index contributed by atoms with van der Waals surface area (Å²) >= 11 is 5.41. The Morgan fingerprint density at radius 3 is 2.56 bits per heavy atom. The molecule has 0 radical (unpaired) electrons. The molecule has 0 amide bonds. The Kier molecular flexibility index (Phi) is 3.80. The highest BCUT2D eigenvalue weighted by molar-refractivity contribution is 6.28. The molecule has 16 heavy (non-hydrogen) atoms. The van der Waals surface area contributed by atoms with Gasteiger partial charge in [0.25, 0.3) is 0 Å². The molecule has 0 aliphatic carbocycles. The second kappa shape index (κ2) is 4.74. The summed E-state index contributed by atoms with van der Waals surface area (Å²) in [6, 6.07) is 3.76. The molecular weight excluding hydrogens is 241 g/mol. The van der Waals surface area contributed by atoms with Crippen molar-refractivity contribution in [1.82, 2.24) is 0 Å². The lowest BCUT2D eigenvalue weighted by Crippen LogP contribution is -2.13. The van der Waals surface area contributed by atoms with E-state index in [0.29, 0.717) is 0 Å². The number of benzene rings is 1. The SMILES string of the molecule is Cc1c(N=C(N)CCl)cccc1C(F)(F)F. The van der Waals surface area contributed by atoms with E-state index < -0.39 is 11.7 Å². The molecule has 0 fully saturated rings. The third kappa shape index (κ3) is 2.88. The fraction of sp³-hybridized carbons (Fsp3) is 0.300. The fourth-order valence-electron chi connectivity index (χ4n) is 1.24. The van der Waals surface area contributed by atoms with Crippen LogP contribution in [-0.2, 0) is 6.18 Å². The molecule has 0 heterocycles. The van der Waals surface area contributed by atoms with E-state index in [1.807, 2.05) is 0 Å². The summed E-state index contributed by atoms with van der Waals surface area (Å²) in [6.45, 7) is 1.35. The first-order valence-corrected chi connectivity index (χ1v) is 4.95. The van der Waals surface area contributed by atoms with Crippen molar-refractivity contribution in [3.05, 3.63) is 29.3 Å². The van der Waals surface area contributed by atoms with Gasteiger partial charge in [0.1, 0.15) is 5.84 Å². The first-order valence-electron chi connectivity index (χ1n) is 4.42. The maximum absolute atomic E-state index is 12.5. The van der Waals surface area contributed by atoms with Crippen LogP contribution in [0.1, 0.15) is 11.1 Å². The Morgan fingerprint density at radius 2 is 2.06 bits per heavy atom. The van der Waals surface area contributed by atoms with Crippen LogP contribution in [0.25, 0.3) is 0 Å². The maximum Gasteiger partial charge on any atom is 0.416 e. The van der Waals surface area contributed by atoms with E-state index in [-0.39, 0.29) is 23.0 Å². The van der Waals surface area contributed by atoms with Crippen molar-refractivity contribution in [1.29, 1.82) is 0 Å². The highest BCUT2D eigenvalue weighted by Crippen LogP contribution is 2.35. The topological polar surface area (TPSA) is 38.4 Å². The van der Waals surface area contributed by atoms with Crippen molar-refractivity contribution in [2.75, 3.05) is 5.88 Å². The normalized spacial score (nSPS) is 12.9. The molecule has 1 rings (SSSR count). The zero-order chi connectivity index (χ0) is 12.3. The molecule has 0 spiro atoms. The average Bonchev–Trinajstić information content (AvgIpc) is 2.19. The lowest BCUT2D eigenvalue weighted by molar-refractivity contribution is -0.138. The van der Waals surface area contributed by atoms with Crippen LogP contribution in [0.3, 0.4) is 0 Å². The minimum absolute atomic E-state index is 0.0182. The Bertz CT molecular complexity index is 413. The van der Waals surface area contributed by atoms with Crippen LogP contribution in [0.2, 0.25) is 0 Å². The summed E-state index contributed by atoms with van der Waals surface area (Å²) < 4.78 is 37.6. The summed E-state index contributed by atoms with van der Waals surface area (Å²) in [5.74, 6) is 0.0690. The van der Waals surface area contributed by atoms with Gasteiger partial charge in [-0.25, -0.2) is 4.99 Å². The quantitative estimate of drug-likeness (QED) is 0.488. The highest BCUT2D eigenvalue weighted by atomic mass is 35.5. The van der Waals surface area contributed by atoms with Crippen LogP contribution in [0.15, 0.2) is 23.2 Å². The number of alkyl halides is 4. The molecule has 0 unspecified atom stereocenters. The molecule has 2 N–H and O–H groups in total. The predicted octanol–water partition coefficient (Wildman–Crippen LogP) is 3.24. The third-order valence-electron chi connectivity index (χ3n) is 2.01. The van der Waals surface area contributed by atoms with Gasteiger partial charge >= 0.3 is 6.18 Å². The lowest BCUT2D eigenvalue weighted by Gasteiger charge is -2.11. The van der Waals surface area contributed by atoms with E-state index in [1.165, 1.54) is 19.1 Å². The second-order valence-electron chi connectivity index (χ2n) is 3.18. The molecule has 0 aliphatic heterocycles. The Labute approximate surface area is 95.9 Å². The molecule has 0 atom stereocenters. The van der Waals surface area contributed by atoms with Gasteiger partial charge < -0.3 is 5.73 Å². The Hall–Kier alpha value is -1.23. The number of hydrogen-bond acceptors (Lipinski definition) is 1. The lowest BCUT2D eigenvalue weighted by atomic mass is 10.1. The molecule has 1 aromatic rings. The standard InChI is InChI=1S/C10H10ClF3N2/c1-6-7(10(12,13)14)3-2-4-8(6)16-9(15)5-11/h2-4H,5H2,1H3,(H2,15,16). The van der Waals surface area contributed by atoms with Gasteiger partial charge in [0.15, 0.2) is 0 Å². The summed E-state index contributed by atoms with van der Waals surface area (Å²) in [7, 11) is 0. The minimum Gasteiger partial charge on any atom is -0.386 e. The largest absolute Gasteiger partial charge is 0.416 e. The van der Waals surface area contributed by atoms with E-state index in [9.17, 15) is 13.2 Å². The molecule has 0 saturated heterocycles. The number of aliphatic imine (C=N–C) groups is 1. The van der Waals surface area contributed by atoms with Crippen molar-refractivity contribution in [3.8, 4) is 0 Å². The summed E-state index contributed by atoms with van der Waals surface area (Å²) in [6.07, 6.45) is -4.38. The van der Waals surface area contributed by atoms with Crippen LogP contribution >= 0.6 is 11.6 Å². The first-order chi connectivity index (χ1) is 7.36. The number of nitrogens with two attached hydrogens (primary N) is 1. The molecule has 2 nitrogen and oxygen atoms in total. The third-order valence-corrected chi connectivity index (χ3v) is 2.29. The maximum atomic E-state index is 12.5. The predicted molar refractivity (Wildman–Crippen MR) is 58.2 cm³/mol. The van der Waals surface area contributed by atoms with E-state index in [1.54, 1.807) is 0 Å². The van der Waals surface area contributed by atoms with Gasteiger partial charge in [-0.1, -0.05) is 6.07 Å². The molecule has 88 valence electrons. The zero-order valence-corrected chi connectivity index (χ0v) is 9.23. The van der Waals surface area contributed by atoms with Gasteiger partial charge in [0.05, 0.1) is 17.1 Å². The highest BCUT2D eigenvalue weighted by Gasteiger charge is 2.32. The number of hydrogen-bond donors (Lipinski definition) is 1. The van der Waals surface area contributed by atoms with Crippen LogP contribution in [0.4, 0.5) is 18.9 Å². The van der Waals surface area contributed by atoms with E-state index in [0.717, 1.165) is 6.07 Å². The average molecular weight is 251 g/mol. The Balaban J connectivity index is 3.25. The fourth-order valence-corrected chi connectivity index (χ4v) is 1.30. The van der Waals surface area contributed by atoms with Crippen LogP contribution in [0.5, 0.6) is 0 Å². The molecular formula is C10H10ClF3N2. The smallest absolute Gasteiger partial charge is 0.386 e. The van der Waals surface area contributed by atoms with Crippen molar-refractivity contribution >= 4 is 23.1 Å². The number of halogens is 4. The van der Waals surface area contributed by atoms with Gasteiger partial charge in [0.2, 0.25) is 0 Å². The first kappa shape index (κ1) is 12.8. The zero-order valence-electron chi connectivity index (χ0n) is 8.48. The minimum atomic E-state index is -4.38. The summed E-state index contributed by atoms with van der Waals surface area (Å²) in [5, 5.41) is 0. The van der Waals surface area contributed by atoms with Crippen molar-refractivity contribution in [3.63, 3.8) is 0 Å². The van der Waals surface area contributed by atoms with Gasteiger partial charge in [-0.15, -0.1) is 11.6 Å². The number of rotatable bonds is 2. The molecule has 0 saturated carbocycles. The van der Waals surface area contributed by atoms with Crippen LogP contribution < -0.4 is 5.73 Å². The van der Waals surface area contributed by atoms with E-state index in [2.05, 4.69) is 4.99 Å². The van der Waals surface area contributed by atoms with Crippen LogP contribution in [0, 0.1) is 6.92 Å². The van der Waals surface area contributed by atoms with Crippen LogP contribution in [-0.4, -0.2) is 11.7 Å². The summed E-state index contributed by atoms with van der Waals surface area (Å²) in [4.78, 5) is 3.81. The second-order valence-corrected chi connectivity index (χ2v) is 3.45. The van der Waals surface area contributed by atoms with Gasteiger partial charge in [-0.2, -0.15) is 13.2 Å². The van der Waals surface area contributed by atoms with E-state index in [4.69, 9.17) is 17.3 Å².